The number of fused-ring (bicyclic) bond motifs is 1. The van der Waals surface area contributed by atoms with E-state index in [0.29, 0.717) is 29.6 Å². The molecule has 0 saturated heterocycles. The maximum absolute atomic E-state index is 12.7. The second-order valence-electron chi connectivity index (χ2n) is 7.77. The molecule has 0 spiro atoms. The highest BCUT2D eigenvalue weighted by Gasteiger charge is 2.42. The minimum atomic E-state index is -0.498. The van der Waals surface area contributed by atoms with Gasteiger partial charge in [0.1, 0.15) is 0 Å². The number of anilines is 3. The number of benzene rings is 1. The van der Waals surface area contributed by atoms with E-state index in [1.54, 1.807) is 11.8 Å². The smallest absolute Gasteiger partial charge is 0.301 e. The van der Waals surface area contributed by atoms with E-state index in [1.807, 2.05) is 13.8 Å². The number of aryl methyl sites for hydroxylation is 4. The summed E-state index contributed by atoms with van der Waals surface area (Å²) in [6.07, 6.45) is 1.53. The molecule has 1 amide bonds. The molecule has 0 fully saturated rings. The van der Waals surface area contributed by atoms with Gasteiger partial charge in [0.15, 0.2) is 5.82 Å². The van der Waals surface area contributed by atoms with Gasteiger partial charge >= 0.3 is 5.91 Å². The average molecular weight is 395 g/mol. The molecule has 0 N–H and O–H groups in total. The number of carbonyl (C=O) groups is 2. The summed E-state index contributed by atoms with van der Waals surface area (Å²) in [5.74, 6) is -0.00924. The lowest BCUT2D eigenvalue weighted by molar-refractivity contribution is -0.114. The molecule has 0 unspecified atom stereocenters. The molecule has 0 atom stereocenters. The monoisotopic (exact) mass is 394 g/mol. The van der Waals surface area contributed by atoms with E-state index in [-0.39, 0.29) is 6.04 Å². The number of hydrogen-bond acceptors (Lipinski definition) is 5. The molecule has 2 heterocycles. The molecule has 1 aliphatic rings. The van der Waals surface area contributed by atoms with Crippen molar-refractivity contribution in [3.8, 4) is 0 Å². The summed E-state index contributed by atoms with van der Waals surface area (Å²) in [7, 11) is 0. The lowest BCUT2D eigenvalue weighted by Crippen LogP contribution is -2.39. The number of amides is 1. The Bertz CT molecular complexity index is 956. The van der Waals surface area contributed by atoms with Crippen molar-refractivity contribution in [3.05, 3.63) is 40.1 Å². The standard InChI is InChI=1S/C23H30N4O2/c1-8-17(9-2)27-21-18(20(28)22(27)29)16(7)24-23(25-21)26(10-3)19-14(5)11-13(4)12-15(19)6/h11-12,17H,8-10H2,1-7H3. The van der Waals surface area contributed by atoms with Crippen LogP contribution in [-0.2, 0) is 4.79 Å². The van der Waals surface area contributed by atoms with E-state index in [0.717, 1.165) is 29.7 Å². The van der Waals surface area contributed by atoms with Crippen LogP contribution in [0, 0.1) is 27.7 Å². The van der Waals surface area contributed by atoms with Crippen molar-refractivity contribution in [1.29, 1.82) is 0 Å². The number of hydrogen-bond donors (Lipinski definition) is 0. The fraction of sp³-hybridized carbons (Fsp3) is 0.478. The van der Waals surface area contributed by atoms with Crippen LogP contribution in [0.25, 0.3) is 0 Å². The predicted molar refractivity (Wildman–Crippen MR) is 116 cm³/mol. The van der Waals surface area contributed by atoms with Crippen molar-refractivity contribution < 1.29 is 9.59 Å². The molecule has 1 aromatic heterocycles. The Balaban J connectivity index is 2.20. The largest absolute Gasteiger partial charge is 0.310 e. The molecular weight excluding hydrogens is 364 g/mol. The fourth-order valence-electron chi connectivity index (χ4n) is 4.41. The zero-order valence-electron chi connectivity index (χ0n) is 18.5. The van der Waals surface area contributed by atoms with Gasteiger partial charge in [-0.05, 0) is 58.6 Å². The van der Waals surface area contributed by atoms with Crippen molar-refractivity contribution in [2.24, 2.45) is 0 Å². The maximum Gasteiger partial charge on any atom is 0.301 e. The fourth-order valence-corrected chi connectivity index (χ4v) is 4.41. The number of nitrogens with zero attached hydrogens (tertiary/aromatic N) is 4. The topological polar surface area (TPSA) is 66.4 Å². The molecule has 0 saturated carbocycles. The van der Waals surface area contributed by atoms with E-state index in [1.165, 1.54) is 5.56 Å². The Morgan fingerprint density at radius 2 is 1.55 bits per heavy atom. The summed E-state index contributed by atoms with van der Waals surface area (Å²) in [6.45, 7) is 14.8. The van der Waals surface area contributed by atoms with Crippen molar-refractivity contribution in [2.75, 3.05) is 16.3 Å². The van der Waals surface area contributed by atoms with Crippen molar-refractivity contribution in [2.45, 2.75) is 67.3 Å². The Morgan fingerprint density at radius 3 is 2.07 bits per heavy atom. The minimum absolute atomic E-state index is 0.0484. The number of carbonyl (C=O) groups excluding carboxylic acids is 2. The number of aromatic nitrogens is 2. The van der Waals surface area contributed by atoms with Gasteiger partial charge < -0.3 is 4.90 Å². The summed E-state index contributed by atoms with van der Waals surface area (Å²) in [5.41, 5.74) is 5.48. The molecular formula is C23H30N4O2. The van der Waals surface area contributed by atoms with Gasteiger partial charge in [-0.2, -0.15) is 4.98 Å². The molecule has 1 aliphatic heterocycles. The van der Waals surface area contributed by atoms with Crippen LogP contribution in [0.15, 0.2) is 12.1 Å². The third-order valence-corrected chi connectivity index (χ3v) is 5.70. The first-order valence-corrected chi connectivity index (χ1v) is 10.4. The summed E-state index contributed by atoms with van der Waals surface area (Å²) in [5, 5.41) is 0. The summed E-state index contributed by atoms with van der Waals surface area (Å²) in [4.78, 5) is 38.4. The highest BCUT2D eigenvalue weighted by atomic mass is 16.2. The molecule has 6 nitrogen and oxygen atoms in total. The Morgan fingerprint density at radius 1 is 0.966 bits per heavy atom. The van der Waals surface area contributed by atoms with E-state index < -0.39 is 11.7 Å². The zero-order chi connectivity index (χ0) is 21.5. The number of rotatable bonds is 6. The van der Waals surface area contributed by atoms with E-state index in [2.05, 4.69) is 49.7 Å². The molecule has 6 heteroatoms. The molecule has 154 valence electrons. The van der Waals surface area contributed by atoms with Crippen LogP contribution in [-0.4, -0.2) is 34.2 Å². The lowest BCUT2D eigenvalue weighted by Gasteiger charge is -2.28. The first-order chi connectivity index (χ1) is 13.7. The molecule has 29 heavy (non-hydrogen) atoms. The molecule has 2 aromatic rings. The van der Waals surface area contributed by atoms with Gasteiger partial charge in [-0.3, -0.25) is 14.5 Å². The van der Waals surface area contributed by atoms with Gasteiger partial charge in [-0.1, -0.05) is 31.5 Å². The van der Waals surface area contributed by atoms with Crippen molar-refractivity contribution in [3.63, 3.8) is 0 Å². The Kier molecular flexibility index (Phi) is 5.73. The van der Waals surface area contributed by atoms with Crippen molar-refractivity contribution >= 4 is 29.1 Å². The first kappa shape index (κ1) is 21.0. The first-order valence-electron chi connectivity index (χ1n) is 10.4. The normalized spacial score (nSPS) is 13.4. The summed E-state index contributed by atoms with van der Waals surface area (Å²) < 4.78 is 0. The second-order valence-corrected chi connectivity index (χ2v) is 7.77. The average Bonchev–Trinajstić information content (AvgIpc) is 2.91. The van der Waals surface area contributed by atoms with Crippen LogP contribution >= 0.6 is 0 Å². The van der Waals surface area contributed by atoms with E-state index in [4.69, 9.17) is 4.98 Å². The maximum atomic E-state index is 12.7. The van der Waals surface area contributed by atoms with Crippen LogP contribution in [0.5, 0.6) is 0 Å². The number of ketones is 1. The second kappa shape index (κ2) is 7.93. The quantitative estimate of drug-likeness (QED) is 0.671. The summed E-state index contributed by atoms with van der Waals surface area (Å²) >= 11 is 0. The SMILES string of the molecule is CCC(CC)N1C(=O)C(=O)c2c(C)nc(N(CC)c3c(C)cc(C)cc3C)nc21. The third kappa shape index (κ3) is 3.41. The van der Waals surface area contributed by atoms with Crippen molar-refractivity contribution in [1.82, 2.24) is 9.97 Å². The summed E-state index contributed by atoms with van der Waals surface area (Å²) in [6, 6.07) is 4.25. The predicted octanol–water partition coefficient (Wildman–Crippen LogP) is 4.59. The highest BCUT2D eigenvalue weighted by molar-refractivity contribution is 6.52. The molecule has 3 rings (SSSR count). The van der Waals surface area contributed by atoms with Gasteiger partial charge in [-0.25, -0.2) is 4.98 Å². The van der Waals surface area contributed by atoms with E-state index >= 15 is 0 Å². The van der Waals surface area contributed by atoms with Crippen LogP contribution in [0.3, 0.4) is 0 Å². The Labute approximate surface area is 173 Å². The molecule has 0 radical (unpaired) electrons. The van der Waals surface area contributed by atoms with Crippen LogP contribution in [0.1, 0.15) is 66.4 Å². The molecule has 0 aliphatic carbocycles. The molecule has 1 aromatic carbocycles. The van der Waals surface area contributed by atoms with Crippen LogP contribution in [0.4, 0.5) is 17.5 Å². The third-order valence-electron chi connectivity index (χ3n) is 5.70. The van der Waals surface area contributed by atoms with Gasteiger partial charge in [0.05, 0.1) is 11.3 Å². The van der Waals surface area contributed by atoms with Crippen LogP contribution in [0.2, 0.25) is 0 Å². The van der Waals surface area contributed by atoms with Crippen LogP contribution < -0.4 is 9.80 Å². The van der Waals surface area contributed by atoms with E-state index in [9.17, 15) is 9.59 Å². The highest BCUT2D eigenvalue weighted by Crippen LogP contribution is 2.36. The van der Waals surface area contributed by atoms with Gasteiger partial charge in [-0.15, -0.1) is 0 Å². The van der Waals surface area contributed by atoms with Gasteiger partial charge in [0.25, 0.3) is 5.78 Å². The Hall–Kier alpha value is -2.76. The minimum Gasteiger partial charge on any atom is -0.310 e. The van der Waals surface area contributed by atoms with Gasteiger partial charge in [0.2, 0.25) is 5.95 Å². The lowest BCUT2D eigenvalue weighted by atomic mass is 10.0. The molecule has 0 bridgehead atoms. The number of Topliss-reactive ketones (excluding diaryl/α,β-unsaturated/α-hetero) is 1. The zero-order valence-corrected chi connectivity index (χ0v) is 18.5. The van der Waals surface area contributed by atoms with Gasteiger partial charge in [0, 0.05) is 18.3 Å².